The predicted molar refractivity (Wildman–Crippen MR) is 65.1 cm³/mol. The first-order valence-corrected chi connectivity index (χ1v) is 6.64. The lowest BCUT2D eigenvalue weighted by Crippen LogP contribution is -2.49. The van der Waals surface area contributed by atoms with Crippen molar-refractivity contribution >= 4 is 11.9 Å². The van der Waals surface area contributed by atoms with E-state index in [2.05, 4.69) is 0 Å². The van der Waals surface area contributed by atoms with Gasteiger partial charge in [-0.15, -0.1) is 0 Å². The van der Waals surface area contributed by atoms with Crippen LogP contribution in [0.25, 0.3) is 0 Å². The molecule has 0 aromatic heterocycles. The highest BCUT2D eigenvalue weighted by atomic mass is 16.5. The third kappa shape index (κ3) is 2.83. The SMILES string of the molecule is C[C@@H]1CN(C(=O)C2CCC(C(=O)O)C2)C[C@H](C)O1. The molecule has 5 nitrogen and oxygen atoms in total. The second-order valence-corrected chi connectivity index (χ2v) is 5.55. The van der Waals surface area contributed by atoms with Crippen molar-refractivity contribution < 1.29 is 19.4 Å². The third-order valence-electron chi connectivity index (χ3n) is 3.86. The number of carboxylic acids is 1. The van der Waals surface area contributed by atoms with Crippen LogP contribution in [0.3, 0.4) is 0 Å². The summed E-state index contributed by atoms with van der Waals surface area (Å²) < 4.78 is 5.60. The lowest BCUT2D eigenvalue weighted by Gasteiger charge is -2.36. The molecule has 0 radical (unpaired) electrons. The first-order chi connectivity index (χ1) is 8.47. The molecule has 1 aliphatic carbocycles. The Morgan fingerprint density at radius 1 is 1.11 bits per heavy atom. The number of hydrogen-bond donors (Lipinski definition) is 1. The third-order valence-corrected chi connectivity index (χ3v) is 3.86. The highest BCUT2D eigenvalue weighted by Gasteiger charge is 2.37. The van der Waals surface area contributed by atoms with E-state index in [0.717, 1.165) is 0 Å². The van der Waals surface area contributed by atoms with E-state index in [1.807, 2.05) is 18.7 Å². The Morgan fingerprint density at radius 3 is 2.17 bits per heavy atom. The summed E-state index contributed by atoms with van der Waals surface area (Å²) >= 11 is 0. The molecule has 1 N–H and O–H groups in total. The fourth-order valence-corrected chi connectivity index (χ4v) is 3.05. The minimum absolute atomic E-state index is 0.0642. The minimum atomic E-state index is -0.769. The van der Waals surface area contributed by atoms with Crippen molar-refractivity contribution in [2.45, 2.75) is 45.3 Å². The van der Waals surface area contributed by atoms with Crippen LogP contribution in [-0.4, -0.2) is 47.2 Å². The van der Waals surface area contributed by atoms with Crippen LogP contribution in [0.2, 0.25) is 0 Å². The predicted octanol–water partition coefficient (Wildman–Crippen LogP) is 1.12. The minimum Gasteiger partial charge on any atom is -0.481 e. The topological polar surface area (TPSA) is 66.8 Å². The molecule has 0 spiro atoms. The number of amides is 1. The van der Waals surface area contributed by atoms with Gasteiger partial charge in [-0.1, -0.05) is 0 Å². The van der Waals surface area contributed by atoms with Crippen molar-refractivity contribution in [3.63, 3.8) is 0 Å². The number of nitrogens with zero attached hydrogens (tertiary/aromatic N) is 1. The maximum Gasteiger partial charge on any atom is 0.306 e. The number of aliphatic carboxylic acids is 1. The Kier molecular flexibility index (Phi) is 3.90. The van der Waals surface area contributed by atoms with Gasteiger partial charge in [-0.05, 0) is 33.1 Å². The molecule has 2 fully saturated rings. The molecule has 1 saturated carbocycles. The highest BCUT2D eigenvalue weighted by Crippen LogP contribution is 2.32. The van der Waals surface area contributed by atoms with E-state index < -0.39 is 5.97 Å². The van der Waals surface area contributed by atoms with Gasteiger partial charge in [-0.2, -0.15) is 0 Å². The van der Waals surface area contributed by atoms with Crippen molar-refractivity contribution in [2.75, 3.05) is 13.1 Å². The summed E-state index contributed by atoms with van der Waals surface area (Å²) in [6.07, 6.45) is 1.95. The zero-order chi connectivity index (χ0) is 13.3. The monoisotopic (exact) mass is 255 g/mol. The average molecular weight is 255 g/mol. The maximum atomic E-state index is 12.3. The molecule has 2 unspecified atom stereocenters. The van der Waals surface area contributed by atoms with Crippen LogP contribution in [0.1, 0.15) is 33.1 Å². The summed E-state index contributed by atoms with van der Waals surface area (Å²) in [5.41, 5.74) is 0. The van der Waals surface area contributed by atoms with Crippen LogP contribution in [0.5, 0.6) is 0 Å². The summed E-state index contributed by atoms with van der Waals surface area (Å²) in [7, 11) is 0. The summed E-state index contributed by atoms with van der Waals surface area (Å²) in [4.78, 5) is 25.1. The van der Waals surface area contributed by atoms with E-state index in [0.29, 0.717) is 32.4 Å². The number of carboxylic acid groups (broad SMARTS) is 1. The number of rotatable bonds is 2. The lowest BCUT2D eigenvalue weighted by molar-refractivity contribution is -0.147. The average Bonchev–Trinajstić information content (AvgIpc) is 2.75. The number of morpholine rings is 1. The molecule has 1 saturated heterocycles. The van der Waals surface area contributed by atoms with Gasteiger partial charge < -0.3 is 14.7 Å². The van der Waals surface area contributed by atoms with Crippen LogP contribution in [0.15, 0.2) is 0 Å². The molecule has 1 aliphatic heterocycles. The molecule has 0 bridgehead atoms. The van der Waals surface area contributed by atoms with Crippen molar-refractivity contribution in [2.24, 2.45) is 11.8 Å². The van der Waals surface area contributed by atoms with Crippen LogP contribution in [0, 0.1) is 11.8 Å². The summed E-state index contributed by atoms with van der Waals surface area (Å²) in [5.74, 6) is -1.10. The van der Waals surface area contributed by atoms with E-state index in [1.165, 1.54) is 0 Å². The van der Waals surface area contributed by atoms with Crippen molar-refractivity contribution in [3.8, 4) is 0 Å². The Balaban J connectivity index is 1.93. The number of ether oxygens (including phenoxy) is 1. The van der Waals surface area contributed by atoms with Crippen LogP contribution in [0.4, 0.5) is 0 Å². The van der Waals surface area contributed by atoms with Gasteiger partial charge in [-0.3, -0.25) is 9.59 Å². The largest absolute Gasteiger partial charge is 0.481 e. The second kappa shape index (κ2) is 5.26. The molecular formula is C13H21NO4. The zero-order valence-corrected chi connectivity index (χ0v) is 11.0. The first-order valence-electron chi connectivity index (χ1n) is 6.64. The molecule has 2 aliphatic rings. The van der Waals surface area contributed by atoms with Crippen molar-refractivity contribution in [1.29, 1.82) is 0 Å². The van der Waals surface area contributed by atoms with Gasteiger partial charge >= 0.3 is 5.97 Å². The van der Waals surface area contributed by atoms with E-state index in [-0.39, 0.29) is 30.0 Å². The molecule has 102 valence electrons. The number of carbonyl (C=O) groups is 2. The molecule has 1 amide bonds. The molecule has 4 atom stereocenters. The van der Waals surface area contributed by atoms with Gasteiger partial charge in [0.1, 0.15) is 0 Å². The molecule has 1 heterocycles. The molecule has 0 aromatic carbocycles. The van der Waals surface area contributed by atoms with Crippen LogP contribution < -0.4 is 0 Å². The second-order valence-electron chi connectivity index (χ2n) is 5.55. The zero-order valence-electron chi connectivity index (χ0n) is 11.0. The molecule has 5 heteroatoms. The van der Waals surface area contributed by atoms with Gasteiger partial charge in [0.05, 0.1) is 18.1 Å². The molecule has 2 rings (SSSR count). The fourth-order valence-electron chi connectivity index (χ4n) is 3.05. The van der Waals surface area contributed by atoms with E-state index in [4.69, 9.17) is 9.84 Å². The van der Waals surface area contributed by atoms with E-state index >= 15 is 0 Å². The Morgan fingerprint density at radius 2 is 1.67 bits per heavy atom. The van der Waals surface area contributed by atoms with Crippen LogP contribution >= 0.6 is 0 Å². The van der Waals surface area contributed by atoms with Gasteiger partial charge in [0.15, 0.2) is 0 Å². The van der Waals surface area contributed by atoms with Crippen LogP contribution in [-0.2, 0) is 14.3 Å². The Bertz CT molecular complexity index is 334. The Labute approximate surface area is 107 Å². The lowest BCUT2D eigenvalue weighted by atomic mass is 10.0. The standard InChI is InChI=1S/C13H21NO4/c1-8-6-14(7-9(2)18-8)12(15)10-3-4-11(5-10)13(16)17/h8-11H,3-7H2,1-2H3,(H,16,17)/t8-,9+,10?,11?. The summed E-state index contributed by atoms with van der Waals surface area (Å²) in [6.45, 7) is 5.17. The molecule has 0 aromatic rings. The molecule has 18 heavy (non-hydrogen) atoms. The number of carbonyl (C=O) groups excluding carboxylic acids is 1. The highest BCUT2D eigenvalue weighted by molar-refractivity contribution is 5.81. The summed E-state index contributed by atoms with van der Waals surface area (Å²) in [5, 5.41) is 8.96. The summed E-state index contributed by atoms with van der Waals surface area (Å²) in [6, 6.07) is 0. The molecular weight excluding hydrogens is 234 g/mol. The Hall–Kier alpha value is -1.10. The maximum absolute atomic E-state index is 12.3. The normalized spacial score (nSPS) is 36.7. The fraction of sp³-hybridized carbons (Fsp3) is 0.846. The first kappa shape index (κ1) is 13.3. The van der Waals surface area contributed by atoms with Gasteiger partial charge in [-0.25, -0.2) is 0 Å². The number of hydrogen-bond acceptors (Lipinski definition) is 3. The van der Waals surface area contributed by atoms with Crippen molar-refractivity contribution in [3.05, 3.63) is 0 Å². The van der Waals surface area contributed by atoms with Gasteiger partial charge in [0.25, 0.3) is 0 Å². The quantitative estimate of drug-likeness (QED) is 0.803. The van der Waals surface area contributed by atoms with E-state index in [9.17, 15) is 9.59 Å². The van der Waals surface area contributed by atoms with Crippen molar-refractivity contribution in [1.82, 2.24) is 4.90 Å². The van der Waals surface area contributed by atoms with Gasteiger partial charge in [0.2, 0.25) is 5.91 Å². The van der Waals surface area contributed by atoms with Gasteiger partial charge in [0, 0.05) is 19.0 Å². The van der Waals surface area contributed by atoms with E-state index in [1.54, 1.807) is 0 Å². The smallest absolute Gasteiger partial charge is 0.306 e.